The molecule has 1 atom stereocenters. The van der Waals surface area contributed by atoms with Crippen LogP contribution >= 0.6 is 11.3 Å². The van der Waals surface area contributed by atoms with Crippen LogP contribution in [0.3, 0.4) is 0 Å². The quantitative estimate of drug-likeness (QED) is 0.439. The van der Waals surface area contributed by atoms with E-state index in [-0.39, 0.29) is 5.91 Å². The molecule has 0 saturated heterocycles. The number of thiazole rings is 1. The number of alkyl halides is 3. The van der Waals surface area contributed by atoms with E-state index in [2.05, 4.69) is 20.6 Å². The molecule has 2 aromatic heterocycles. The van der Waals surface area contributed by atoms with Gasteiger partial charge in [-0.05, 0) is 43.3 Å². The first-order valence-electron chi connectivity index (χ1n) is 10.2. The highest BCUT2D eigenvalue weighted by Gasteiger charge is 2.30. The van der Waals surface area contributed by atoms with Gasteiger partial charge in [-0.15, -0.1) is 0 Å². The second-order valence-corrected chi connectivity index (χ2v) is 8.98. The van der Waals surface area contributed by atoms with Crippen LogP contribution in [0, 0.1) is 0 Å². The van der Waals surface area contributed by atoms with Crippen molar-refractivity contribution in [1.29, 1.82) is 0 Å². The fourth-order valence-corrected chi connectivity index (χ4v) is 4.33. The minimum absolute atomic E-state index is 0.225. The third kappa shape index (κ3) is 4.53. The van der Waals surface area contributed by atoms with Crippen LogP contribution < -0.4 is 10.6 Å². The van der Waals surface area contributed by atoms with Gasteiger partial charge >= 0.3 is 6.18 Å². The Morgan fingerprint density at radius 3 is 2.50 bits per heavy atom. The molecule has 4 rings (SSSR count). The molecule has 0 aliphatic carbocycles. The fourth-order valence-electron chi connectivity index (χ4n) is 3.43. The monoisotopic (exact) mass is 490 g/mol. The summed E-state index contributed by atoms with van der Waals surface area (Å²) in [6, 6.07) is 7.69. The normalized spacial score (nSPS) is 12.7. The summed E-state index contributed by atoms with van der Waals surface area (Å²) in [5, 5.41) is 6.10. The summed E-state index contributed by atoms with van der Waals surface area (Å²) in [6.45, 7) is 1.61. The van der Waals surface area contributed by atoms with Crippen molar-refractivity contribution in [2.45, 2.75) is 19.1 Å². The van der Waals surface area contributed by atoms with Crippen molar-refractivity contribution in [3.63, 3.8) is 0 Å². The molecule has 0 aliphatic rings. The smallest absolute Gasteiger partial charge is 0.347 e. The van der Waals surface area contributed by atoms with Gasteiger partial charge in [0.25, 0.3) is 5.91 Å². The van der Waals surface area contributed by atoms with Crippen molar-refractivity contribution < 1.29 is 22.8 Å². The van der Waals surface area contributed by atoms with E-state index < -0.39 is 23.7 Å². The third-order valence-corrected chi connectivity index (χ3v) is 6.17. The highest BCUT2D eigenvalue weighted by atomic mass is 32.1. The molecule has 0 spiro atoms. The van der Waals surface area contributed by atoms with Gasteiger partial charge in [-0.3, -0.25) is 9.59 Å². The molecule has 0 saturated carbocycles. The van der Waals surface area contributed by atoms with Gasteiger partial charge in [-0.25, -0.2) is 9.97 Å². The maximum Gasteiger partial charge on any atom is 0.416 e. The number of nitrogens with one attached hydrogen (secondary N) is 2. The summed E-state index contributed by atoms with van der Waals surface area (Å²) in [6.07, 6.45) is -4.43. The van der Waals surface area contributed by atoms with Crippen LogP contribution in [0.4, 0.5) is 24.3 Å². The van der Waals surface area contributed by atoms with Crippen LogP contribution in [0.5, 0.6) is 0 Å². The van der Waals surface area contributed by atoms with E-state index in [1.165, 1.54) is 11.0 Å². The Morgan fingerprint density at radius 2 is 1.82 bits per heavy atom. The van der Waals surface area contributed by atoms with Gasteiger partial charge in [0, 0.05) is 26.7 Å². The molecule has 178 valence electrons. The van der Waals surface area contributed by atoms with Gasteiger partial charge in [0.15, 0.2) is 5.13 Å². The van der Waals surface area contributed by atoms with Gasteiger partial charge in [-0.2, -0.15) is 13.2 Å². The number of carbonyl (C=O) groups excluding carboxylic acids is 2. The van der Waals surface area contributed by atoms with Gasteiger partial charge in [-0.1, -0.05) is 11.3 Å². The Labute approximate surface area is 196 Å². The summed E-state index contributed by atoms with van der Waals surface area (Å²) in [4.78, 5) is 34.8. The molecular formula is C22H21F3N6O2S. The van der Waals surface area contributed by atoms with E-state index >= 15 is 0 Å². The lowest BCUT2D eigenvalue weighted by molar-refractivity contribution is -0.137. The van der Waals surface area contributed by atoms with Crippen LogP contribution in [0.25, 0.3) is 21.3 Å². The number of likely N-dealkylation sites (N-methyl/N-ethyl adjacent to an activating group) is 1. The predicted molar refractivity (Wildman–Crippen MR) is 124 cm³/mol. The second kappa shape index (κ2) is 8.60. The Morgan fingerprint density at radius 1 is 1.09 bits per heavy atom. The topological polar surface area (TPSA) is 92.1 Å². The highest BCUT2D eigenvalue weighted by Crippen LogP contribution is 2.35. The molecule has 2 heterocycles. The van der Waals surface area contributed by atoms with Gasteiger partial charge < -0.3 is 20.1 Å². The molecule has 0 radical (unpaired) electrons. The largest absolute Gasteiger partial charge is 0.416 e. The number of imidazole rings is 1. The van der Waals surface area contributed by atoms with Gasteiger partial charge in [0.1, 0.15) is 6.04 Å². The van der Waals surface area contributed by atoms with Crippen molar-refractivity contribution in [3.05, 3.63) is 47.5 Å². The lowest BCUT2D eigenvalue weighted by Gasteiger charge is -2.17. The number of hydrogen-bond donors (Lipinski definition) is 2. The Bertz CT molecular complexity index is 1410. The number of halogens is 3. The number of aryl methyl sites for hydroxylation is 1. The van der Waals surface area contributed by atoms with Crippen molar-refractivity contribution in [2.75, 3.05) is 19.4 Å². The SMILES string of the molecule is C[C@H](NC(=O)c1ccc2c(c1)nc(Nc1nc3ccc(C(F)(F)F)cc3s1)n2C)C(=O)N(C)C. The van der Waals surface area contributed by atoms with Crippen LogP contribution in [0.15, 0.2) is 36.4 Å². The van der Waals surface area contributed by atoms with Crippen LogP contribution in [-0.2, 0) is 18.0 Å². The summed E-state index contributed by atoms with van der Waals surface area (Å²) in [5.41, 5.74) is 1.32. The first-order chi connectivity index (χ1) is 15.9. The number of benzene rings is 2. The van der Waals surface area contributed by atoms with Crippen molar-refractivity contribution >= 4 is 55.5 Å². The lowest BCUT2D eigenvalue weighted by Crippen LogP contribution is -2.44. The lowest BCUT2D eigenvalue weighted by atomic mass is 10.1. The zero-order valence-corrected chi connectivity index (χ0v) is 19.5. The van der Waals surface area contributed by atoms with E-state index in [0.717, 1.165) is 29.0 Å². The molecular weight excluding hydrogens is 469 g/mol. The molecule has 4 aromatic rings. The molecule has 2 N–H and O–H groups in total. The summed E-state index contributed by atoms with van der Waals surface area (Å²) < 4.78 is 41.1. The summed E-state index contributed by atoms with van der Waals surface area (Å²) in [5.74, 6) is -0.216. The van der Waals surface area contributed by atoms with Crippen LogP contribution in [0.1, 0.15) is 22.8 Å². The van der Waals surface area contributed by atoms with E-state index in [4.69, 9.17) is 0 Å². The van der Waals surface area contributed by atoms with Crippen molar-refractivity contribution in [1.82, 2.24) is 24.8 Å². The summed E-state index contributed by atoms with van der Waals surface area (Å²) in [7, 11) is 4.99. The molecule has 34 heavy (non-hydrogen) atoms. The van der Waals surface area contributed by atoms with E-state index in [9.17, 15) is 22.8 Å². The molecule has 12 heteroatoms. The Hall–Kier alpha value is -3.67. The molecule has 0 aliphatic heterocycles. The predicted octanol–water partition coefficient (Wildman–Crippen LogP) is 4.15. The second-order valence-electron chi connectivity index (χ2n) is 7.95. The number of rotatable bonds is 5. The maximum absolute atomic E-state index is 13.0. The molecule has 8 nitrogen and oxygen atoms in total. The van der Waals surface area contributed by atoms with Crippen LogP contribution in [0.2, 0.25) is 0 Å². The van der Waals surface area contributed by atoms with Gasteiger partial charge in [0.2, 0.25) is 11.9 Å². The third-order valence-electron chi connectivity index (χ3n) is 5.24. The molecule has 2 amide bonds. The number of hydrogen-bond acceptors (Lipinski definition) is 6. The average molecular weight is 491 g/mol. The molecule has 0 unspecified atom stereocenters. The minimum Gasteiger partial charge on any atom is -0.347 e. The molecule has 0 fully saturated rings. The summed E-state index contributed by atoms with van der Waals surface area (Å²) >= 11 is 1.09. The number of nitrogens with zero attached hydrogens (tertiary/aromatic N) is 4. The Balaban J connectivity index is 1.58. The van der Waals surface area contributed by atoms with Gasteiger partial charge in [0.05, 0.1) is 26.8 Å². The fraction of sp³-hybridized carbons (Fsp3) is 0.273. The average Bonchev–Trinajstić information content (AvgIpc) is 3.31. The van der Waals surface area contributed by atoms with E-state index in [1.54, 1.807) is 50.8 Å². The van der Waals surface area contributed by atoms with E-state index in [1.807, 2.05) is 0 Å². The van der Waals surface area contributed by atoms with Crippen LogP contribution in [-0.4, -0.2) is 51.4 Å². The zero-order valence-electron chi connectivity index (χ0n) is 18.7. The first kappa shape index (κ1) is 23.5. The van der Waals surface area contributed by atoms with Crippen molar-refractivity contribution in [3.8, 4) is 0 Å². The molecule has 0 bridgehead atoms. The minimum atomic E-state index is -4.43. The zero-order chi connectivity index (χ0) is 24.8. The van der Waals surface area contributed by atoms with E-state index in [0.29, 0.717) is 32.4 Å². The number of carbonyl (C=O) groups is 2. The highest BCUT2D eigenvalue weighted by molar-refractivity contribution is 7.22. The van der Waals surface area contributed by atoms with Crippen molar-refractivity contribution in [2.24, 2.45) is 7.05 Å². The first-order valence-corrected chi connectivity index (χ1v) is 11.0. The number of anilines is 2. The number of aromatic nitrogens is 3. The number of amides is 2. The maximum atomic E-state index is 13.0. The molecule has 2 aromatic carbocycles. The standard InChI is InChI=1S/C22H21F3N6O2S/c1-11(19(33)30(2)3)26-18(32)12-5-8-16-15(9-12)27-20(31(16)4)29-21-28-14-7-6-13(22(23,24)25)10-17(14)34-21/h5-11H,1-4H3,(H,26,32)(H,27,28,29)/t11-/m0/s1. The number of fused-ring (bicyclic) bond motifs is 2. The Kier molecular flexibility index (Phi) is 5.94.